The van der Waals surface area contributed by atoms with Crippen molar-refractivity contribution >= 4 is 23.2 Å². The van der Waals surface area contributed by atoms with Crippen LogP contribution in [0.1, 0.15) is 34.9 Å². The summed E-state index contributed by atoms with van der Waals surface area (Å²) in [5, 5.41) is 3.43. The predicted molar refractivity (Wildman–Crippen MR) is 124 cm³/mol. The average Bonchev–Trinajstić information content (AvgIpc) is 3.39. The Kier molecular flexibility index (Phi) is 5.69. The molecule has 7 heteroatoms. The quantitative estimate of drug-likeness (QED) is 0.624. The third-order valence-corrected chi connectivity index (χ3v) is 6.06. The van der Waals surface area contributed by atoms with Crippen molar-refractivity contribution in [3.05, 3.63) is 89.7 Å². The number of fused-ring (bicyclic) bond motifs is 1. The number of benzene rings is 3. The molecular weight excluding hydrogens is 421 g/mol. The van der Waals surface area contributed by atoms with E-state index in [9.17, 15) is 14.0 Å². The van der Waals surface area contributed by atoms with Crippen molar-refractivity contribution < 1.29 is 18.7 Å². The van der Waals surface area contributed by atoms with Gasteiger partial charge in [-0.05, 0) is 55.3 Å². The minimum Gasteiger partial charge on any atom is -0.483 e. The first-order valence-electron chi connectivity index (χ1n) is 11.1. The Morgan fingerprint density at radius 3 is 2.45 bits per heavy atom. The van der Waals surface area contributed by atoms with Crippen LogP contribution in [0, 0.1) is 5.82 Å². The van der Waals surface area contributed by atoms with Crippen LogP contribution in [0.5, 0.6) is 5.75 Å². The third-order valence-electron chi connectivity index (χ3n) is 6.06. The van der Waals surface area contributed by atoms with E-state index in [1.165, 1.54) is 12.1 Å². The van der Waals surface area contributed by atoms with Gasteiger partial charge >= 0.3 is 0 Å². The molecular formula is C26H24FN3O3. The van der Waals surface area contributed by atoms with E-state index in [0.717, 1.165) is 25.9 Å². The van der Waals surface area contributed by atoms with Gasteiger partial charge in [-0.2, -0.15) is 0 Å². The van der Waals surface area contributed by atoms with Gasteiger partial charge in [-0.25, -0.2) is 4.39 Å². The summed E-state index contributed by atoms with van der Waals surface area (Å²) in [5.41, 5.74) is 2.49. The summed E-state index contributed by atoms with van der Waals surface area (Å²) in [7, 11) is 0. The zero-order valence-corrected chi connectivity index (χ0v) is 18.0. The highest BCUT2D eigenvalue weighted by Gasteiger charge is 2.35. The van der Waals surface area contributed by atoms with Crippen molar-refractivity contribution in [3.63, 3.8) is 0 Å². The highest BCUT2D eigenvalue weighted by molar-refractivity contribution is 6.12. The van der Waals surface area contributed by atoms with Gasteiger partial charge in [-0.1, -0.05) is 30.3 Å². The molecule has 2 amide bonds. The first-order valence-corrected chi connectivity index (χ1v) is 11.1. The molecule has 1 atom stereocenters. The van der Waals surface area contributed by atoms with Crippen molar-refractivity contribution in [1.82, 2.24) is 4.90 Å². The van der Waals surface area contributed by atoms with Crippen LogP contribution in [0.4, 0.5) is 15.8 Å². The number of rotatable bonds is 5. The summed E-state index contributed by atoms with van der Waals surface area (Å²) in [6.07, 6.45) is 1.43. The van der Waals surface area contributed by atoms with E-state index in [1.54, 1.807) is 29.2 Å². The summed E-state index contributed by atoms with van der Waals surface area (Å²) >= 11 is 0. The van der Waals surface area contributed by atoms with E-state index in [1.807, 2.05) is 41.3 Å². The third kappa shape index (κ3) is 4.14. The van der Waals surface area contributed by atoms with E-state index in [4.69, 9.17) is 4.74 Å². The fourth-order valence-corrected chi connectivity index (χ4v) is 4.37. The van der Waals surface area contributed by atoms with Gasteiger partial charge in [0.1, 0.15) is 17.7 Å². The van der Waals surface area contributed by atoms with Gasteiger partial charge in [-0.3, -0.25) is 14.5 Å². The first-order chi connectivity index (χ1) is 16.1. The number of carbonyl (C=O) groups excluding carboxylic acids is 2. The van der Waals surface area contributed by atoms with Gasteiger partial charge < -0.3 is 15.0 Å². The molecule has 3 aromatic carbocycles. The molecule has 1 N–H and O–H groups in total. The lowest BCUT2D eigenvalue weighted by atomic mass is 10.0. The van der Waals surface area contributed by atoms with Crippen LogP contribution >= 0.6 is 0 Å². The molecule has 1 saturated heterocycles. The maximum atomic E-state index is 13.6. The van der Waals surface area contributed by atoms with Gasteiger partial charge in [0.2, 0.25) is 0 Å². The molecule has 0 radical (unpaired) electrons. The predicted octanol–water partition coefficient (Wildman–Crippen LogP) is 4.60. The SMILES string of the molecule is O=C(COc1ccccc1C1Nc2ccccc2C(=O)N1c1ccc(F)cc1)N1CCCC1. The van der Waals surface area contributed by atoms with Crippen LogP contribution in [0.15, 0.2) is 72.8 Å². The number of hydrogen-bond donors (Lipinski definition) is 1. The lowest BCUT2D eigenvalue weighted by molar-refractivity contribution is -0.132. The molecule has 2 aliphatic rings. The molecule has 1 fully saturated rings. The van der Waals surface area contributed by atoms with Crippen LogP contribution in [0.2, 0.25) is 0 Å². The number of nitrogens with one attached hydrogen (secondary N) is 1. The van der Waals surface area contributed by atoms with Crippen molar-refractivity contribution in [2.24, 2.45) is 0 Å². The van der Waals surface area contributed by atoms with Crippen molar-refractivity contribution in [2.45, 2.75) is 19.0 Å². The van der Waals surface area contributed by atoms with E-state index in [0.29, 0.717) is 28.3 Å². The minimum absolute atomic E-state index is 0.0456. The zero-order valence-electron chi connectivity index (χ0n) is 18.0. The lowest BCUT2D eigenvalue weighted by Crippen LogP contribution is -2.43. The molecule has 33 heavy (non-hydrogen) atoms. The van der Waals surface area contributed by atoms with E-state index >= 15 is 0 Å². The van der Waals surface area contributed by atoms with Gasteiger partial charge in [0.15, 0.2) is 6.61 Å². The second-order valence-electron chi connectivity index (χ2n) is 8.16. The van der Waals surface area contributed by atoms with E-state index in [2.05, 4.69) is 5.32 Å². The van der Waals surface area contributed by atoms with Crippen molar-refractivity contribution in [3.8, 4) is 5.75 Å². The number of halogens is 1. The monoisotopic (exact) mass is 445 g/mol. The highest BCUT2D eigenvalue weighted by Crippen LogP contribution is 2.39. The second kappa shape index (κ2) is 8.94. The fraction of sp³-hybridized carbons (Fsp3) is 0.231. The molecule has 0 spiro atoms. The Bertz CT molecular complexity index is 1180. The Hall–Kier alpha value is -3.87. The normalized spacial score (nSPS) is 17.5. The van der Waals surface area contributed by atoms with Crippen LogP contribution in [-0.4, -0.2) is 36.4 Å². The summed E-state index contributed by atoms with van der Waals surface area (Å²) in [6, 6.07) is 20.5. The minimum atomic E-state index is -0.601. The molecule has 2 aliphatic heterocycles. The number of amides is 2. The fourth-order valence-electron chi connectivity index (χ4n) is 4.37. The van der Waals surface area contributed by atoms with E-state index < -0.39 is 6.17 Å². The smallest absolute Gasteiger partial charge is 0.262 e. The summed E-state index contributed by atoms with van der Waals surface area (Å²) in [6.45, 7) is 1.46. The molecule has 0 bridgehead atoms. The molecule has 2 heterocycles. The Morgan fingerprint density at radius 2 is 1.67 bits per heavy atom. The number of likely N-dealkylation sites (tertiary alicyclic amines) is 1. The maximum Gasteiger partial charge on any atom is 0.262 e. The first kappa shape index (κ1) is 21.0. The maximum absolute atomic E-state index is 13.6. The number of nitrogens with zero attached hydrogens (tertiary/aromatic N) is 2. The summed E-state index contributed by atoms with van der Waals surface area (Å²) in [5.74, 6) is -0.112. The molecule has 0 aliphatic carbocycles. The van der Waals surface area contributed by atoms with Crippen molar-refractivity contribution in [1.29, 1.82) is 0 Å². The number of ether oxygens (including phenoxy) is 1. The molecule has 3 aromatic rings. The Morgan fingerprint density at radius 1 is 0.970 bits per heavy atom. The molecule has 0 aromatic heterocycles. The topological polar surface area (TPSA) is 61.9 Å². The van der Waals surface area contributed by atoms with Crippen LogP contribution in [-0.2, 0) is 4.79 Å². The highest BCUT2D eigenvalue weighted by atomic mass is 19.1. The van der Waals surface area contributed by atoms with Crippen LogP contribution in [0.3, 0.4) is 0 Å². The molecule has 5 rings (SSSR count). The number of anilines is 2. The van der Waals surface area contributed by atoms with Gasteiger partial charge in [0.05, 0.1) is 5.56 Å². The largest absolute Gasteiger partial charge is 0.483 e. The molecule has 6 nitrogen and oxygen atoms in total. The Labute approximate surface area is 191 Å². The Balaban J connectivity index is 1.50. The number of para-hydroxylation sites is 2. The number of carbonyl (C=O) groups is 2. The zero-order chi connectivity index (χ0) is 22.8. The second-order valence-corrected chi connectivity index (χ2v) is 8.16. The van der Waals surface area contributed by atoms with E-state index in [-0.39, 0.29) is 24.2 Å². The van der Waals surface area contributed by atoms with Gasteiger partial charge in [-0.15, -0.1) is 0 Å². The van der Waals surface area contributed by atoms with Gasteiger partial charge in [0.25, 0.3) is 11.8 Å². The summed E-state index contributed by atoms with van der Waals surface area (Å²) < 4.78 is 19.6. The van der Waals surface area contributed by atoms with Crippen LogP contribution < -0.4 is 15.0 Å². The summed E-state index contributed by atoms with van der Waals surface area (Å²) in [4.78, 5) is 29.5. The lowest BCUT2D eigenvalue weighted by Gasteiger charge is -2.38. The average molecular weight is 445 g/mol. The molecule has 168 valence electrons. The van der Waals surface area contributed by atoms with Gasteiger partial charge in [0, 0.05) is 30.0 Å². The standard InChI is InChI=1S/C26H24FN3O3/c27-18-11-13-19(14-12-18)30-25(28-22-9-3-1-7-20(22)26(30)32)21-8-2-4-10-23(21)33-17-24(31)29-15-5-6-16-29/h1-4,7-14,25,28H,5-6,15-17H2. The van der Waals surface area contributed by atoms with Crippen LogP contribution in [0.25, 0.3) is 0 Å². The molecule has 1 unspecified atom stereocenters. The van der Waals surface area contributed by atoms with Crippen molar-refractivity contribution in [2.75, 3.05) is 29.9 Å². The molecule has 0 saturated carbocycles. The number of hydrogen-bond acceptors (Lipinski definition) is 4.